The summed E-state index contributed by atoms with van der Waals surface area (Å²) in [5.74, 6) is -0.266. The van der Waals surface area contributed by atoms with Crippen LogP contribution in [0.2, 0.25) is 0 Å². The largest absolute Gasteiger partial charge is 0.481 e. The Morgan fingerprint density at radius 1 is 1.11 bits per heavy atom. The van der Waals surface area contributed by atoms with Crippen molar-refractivity contribution in [2.75, 3.05) is 25.0 Å². The molecule has 1 spiro atoms. The van der Waals surface area contributed by atoms with E-state index in [1.165, 1.54) is 12.1 Å². The molecule has 186 valence electrons. The minimum atomic E-state index is -0.500. The van der Waals surface area contributed by atoms with Crippen molar-refractivity contribution >= 4 is 17.5 Å². The molecule has 2 aliphatic heterocycles. The number of ether oxygens (including phenoxy) is 1. The Labute approximate surface area is 209 Å². The van der Waals surface area contributed by atoms with Gasteiger partial charge in [0.15, 0.2) is 5.75 Å². The number of hydrogen-bond acceptors (Lipinski definition) is 5. The quantitative estimate of drug-likeness (QED) is 0.578. The van der Waals surface area contributed by atoms with E-state index in [1.807, 2.05) is 18.7 Å². The first-order chi connectivity index (χ1) is 17.3. The summed E-state index contributed by atoms with van der Waals surface area (Å²) >= 11 is 0. The number of fused-ring (bicyclic) bond motifs is 1. The van der Waals surface area contributed by atoms with Crippen LogP contribution in [0.3, 0.4) is 0 Å². The fraction of sp³-hybridized carbons (Fsp3) is 0.321. The van der Waals surface area contributed by atoms with Gasteiger partial charge in [0.25, 0.3) is 11.8 Å². The van der Waals surface area contributed by atoms with Crippen LogP contribution in [-0.2, 0) is 6.54 Å². The number of nitrogens with one attached hydrogen (secondary N) is 1. The van der Waals surface area contributed by atoms with E-state index in [1.54, 1.807) is 54.9 Å². The van der Waals surface area contributed by atoms with Crippen LogP contribution in [0.25, 0.3) is 0 Å². The van der Waals surface area contributed by atoms with Crippen LogP contribution >= 0.6 is 0 Å². The Morgan fingerprint density at radius 2 is 1.83 bits per heavy atom. The summed E-state index contributed by atoms with van der Waals surface area (Å²) < 4.78 is 19.9. The van der Waals surface area contributed by atoms with Crippen molar-refractivity contribution in [2.45, 2.75) is 38.5 Å². The first-order valence-corrected chi connectivity index (χ1v) is 12.1. The van der Waals surface area contributed by atoms with Gasteiger partial charge in [-0.2, -0.15) is 0 Å². The number of carbonyl (C=O) groups is 2. The first-order valence-electron chi connectivity index (χ1n) is 12.1. The molecule has 7 nitrogen and oxygen atoms in total. The fourth-order valence-corrected chi connectivity index (χ4v) is 4.90. The van der Waals surface area contributed by atoms with Crippen LogP contribution in [-0.4, -0.2) is 57.9 Å². The summed E-state index contributed by atoms with van der Waals surface area (Å²) in [6, 6.07) is 15.1. The van der Waals surface area contributed by atoms with Gasteiger partial charge in [-0.15, -0.1) is 0 Å². The van der Waals surface area contributed by atoms with Crippen LogP contribution in [0, 0.1) is 5.82 Å². The highest BCUT2D eigenvalue weighted by molar-refractivity contribution is 6.07. The van der Waals surface area contributed by atoms with E-state index in [4.69, 9.17) is 4.74 Å². The molecule has 1 N–H and O–H groups in total. The number of rotatable bonds is 5. The van der Waals surface area contributed by atoms with Gasteiger partial charge in [-0.3, -0.25) is 19.5 Å². The van der Waals surface area contributed by atoms with Gasteiger partial charge in [0.05, 0.1) is 11.3 Å². The van der Waals surface area contributed by atoms with E-state index >= 15 is 0 Å². The van der Waals surface area contributed by atoms with Gasteiger partial charge in [-0.05, 0) is 55.8 Å². The summed E-state index contributed by atoms with van der Waals surface area (Å²) in [6.45, 7) is 6.60. The SMILES string of the molecule is CC(C)N1CCC2(CN(Cc3ccc(F)cc3)C2)Oc2c(NC(=O)c3ccncc3)cccc2C1=O. The van der Waals surface area contributed by atoms with Crippen molar-refractivity contribution in [1.82, 2.24) is 14.8 Å². The second-order valence-electron chi connectivity index (χ2n) is 9.77. The topological polar surface area (TPSA) is 74.8 Å². The molecule has 1 fully saturated rings. The smallest absolute Gasteiger partial charge is 0.257 e. The standard InChI is InChI=1S/C28H29FN4O3/c1-19(2)33-15-12-28(17-32(18-28)16-20-6-8-22(29)9-7-20)36-25-23(27(33)35)4-3-5-24(25)31-26(34)21-10-13-30-14-11-21/h3-11,13-14,19H,12,15-18H2,1-2H3,(H,31,34). The highest BCUT2D eigenvalue weighted by Gasteiger charge is 2.47. The van der Waals surface area contributed by atoms with E-state index in [9.17, 15) is 14.0 Å². The number of nitrogens with zero attached hydrogens (tertiary/aromatic N) is 3. The molecule has 0 unspecified atom stereocenters. The predicted octanol–water partition coefficient (Wildman–Crippen LogP) is 4.36. The maximum Gasteiger partial charge on any atom is 0.257 e. The lowest BCUT2D eigenvalue weighted by molar-refractivity contribution is -0.0918. The molecule has 0 saturated carbocycles. The molecule has 2 aromatic carbocycles. The second-order valence-corrected chi connectivity index (χ2v) is 9.77. The third kappa shape index (κ3) is 4.81. The Hall–Kier alpha value is -3.78. The number of hydrogen-bond donors (Lipinski definition) is 1. The molecule has 5 rings (SSSR count). The average Bonchev–Trinajstić information content (AvgIpc) is 2.84. The summed E-state index contributed by atoms with van der Waals surface area (Å²) in [7, 11) is 0. The number of carbonyl (C=O) groups excluding carboxylic acids is 2. The van der Waals surface area contributed by atoms with Crippen molar-refractivity contribution in [3.63, 3.8) is 0 Å². The van der Waals surface area contributed by atoms with Gasteiger partial charge >= 0.3 is 0 Å². The molecule has 8 heteroatoms. The van der Waals surface area contributed by atoms with Crippen molar-refractivity contribution in [2.24, 2.45) is 0 Å². The maximum atomic E-state index is 13.5. The molecule has 0 atom stereocenters. The number of halogens is 1. The normalized spacial score (nSPS) is 17.1. The summed E-state index contributed by atoms with van der Waals surface area (Å²) in [5, 5.41) is 2.93. The van der Waals surface area contributed by atoms with Gasteiger partial charge in [0.2, 0.25) is 0 Å². The molecule has 0 radical (unpaired) electrons. The fourth-order valence-electron chi connectivity index (χ4n) is 4.90. The zero-order chi connectivity index (χ0) is 25.3. The van der Waals surface area contributed by atoms with E-state index in [0.29, 0.717) is 55.2 Å². The van der Waals surface area contributed by atoms with Gasteiger partial charge in [0, 0.05) is 56.6 Å². The van der Waals surface area contributed by atoms with Gasteiger partial charge in [-0.25, -0.2) is 4.39 Å². The monoisotopic (exact) mass is 488 g/mol. The zero-order valence-corrected chi connectivity index (χ0v) is 20.4. The second kappa shape index (κ2) is 9.70. The van der Waals surface area contributed by atoms with E-state index in [2.05, 4.69) is 15.2 Å². The highest BCUT2D eigenvalue weighted by atomic mass is 19.1. The molecule has 36 heavy (non-hydrogen) atoms. The third-order valence-corrected chi connectivity index (χ3v) is 6.79. The number of pyridine rings is 1. The number of amides is 2. The van der Waals surface area contributed by atoms with Crippen molar-refractivity contribution in [1.29, 1.82) is 0 Å². The molecule has 2 aliphatic rings. The predicted molar refractivity (Wildman–Crippen MR) is 134 cm³/mol. The summed E-state index contributed by atoms with van der Waals surface area (Å²) in [6.07, 6.45) is 3.79. The Balaban J connectivity index is 1.43. The number of benzene rings is 2. The first kappa shape index (κ1) is 23.9. The van der Waals surface area contributed by atoms with Gasteiger partial charge < -0.3 is 15.0 Å². The van der Waals surface area contributed by atoms with Crippen LogP contribution in [0.1, 0.15) is 46.5 Å². The molecule has 3 heterocycles. The number of likely N-dealkylation sites (tertiary alicyclic amines) is 1. The molecular formula is C28H29FN4O3. The van der Waals surface area contributed by atoms with E-state index < -0.39 is 5.60 Å². The molecule has 2 amide bonds. The minimum absolute atomic E-state index is 0.0194. The lowest BCUT2D eigenvalue weighted by Gasteiger charge is -2.52. The number of aromatic nitrogens is 1. The van der Waals surface area contributed by atoms with Crippen molar-refractivity contribution in [3.8, 4) is 5.75 Å². The molecule has 1 saturated heterocycles. The van der Waals surface area contributed by atoms with Gasteiger partial charge in [-0.1, -0.05) is 18.2 Å². The van der Waals surface area contributed by atoms with Crippen molar-refractivity contribution < 1.29 is 18.7 Å². The molecule has 1 aromatic heterocycles. The van der Waals surface area contributed by atoms with Crippen LogP contribution < -0.4 is 10.1 Å². The lowest BCUT2D eigenvalue weighted by atomic mass is 9.87. The number of anilines is 1. The van der Waals surface area contributed by atoms with Crippen molar-refractivity contribution in [3.05, 3.63) is 89.5 Å². The highest BCUT2D eigenvalue weighted by Crippen LogP contribution is 2.40. The third-order valence-electron chi connectivity index (χ3n) is 6.79. The zero-order valence-electron chi connectivity index (χ0n) is 20.4. The van der Waals surface area contributed by atoms with E-state index in [0.717, 1.165) is 5.56 Å². The van der Waals surface area contributed by atoms with Gasteiger partial charge in [0.1, 0.15) is 11.4 Å². The Kier molecular flexibility index (Phi) is 6.45. The lowest BCUT2D eigenvalue weighted by Crippen LogP contribution is -2.66. The van der Waals surface area contributed by atoms with Crippen LogP contribution in [0.4, 0.5) is 10.1 Å². The molecule has 3 aromatic rings. The Bertz CT molecular complexity index is 1260. The maximum absolute atomic E-state index is 13.5. The number of para-hydroxylation sites is 1. The van der Waals surface area contributed by atoms with Crippen LogP contribution in [0.15, 0.2) is 67.0 Å². The average molecular weight is 489 g/mol. The molecule has 0 bridgehead atoms. The summed E-state index contributed by atoms with van der Waals surface area (Å²) in [5.41, 5.74) is 1.89. The minimum Gasteiger partial charge on any atom is -0.481 e. The van der Waals surface area contributed by atoms with Crippen LogP contribution in [0.5, 0.6) is 5.75 Å². The molecular weight excluding hydrogens is 459 g/mol. The van der Waals surface area contributed by atoms with E-state index in [-0.39, 0.29) is 23.7 Å². The Morgan fingerprint density at radius 3 is 2.53 bits per heavy atom. The summed E-state index contributed by atoms with van der Waals surface area (Å²) in [4.78, 5) is 34.4. The molecule has 0 aliphatic carbocycles.